The van der Waals surface area contributed by atoms with Gasteiger partial charge in [0.15, 0.2) is 0 Å². The largest absolute Gasteiger partial charge is 0.495 e. The van der Waals surface area contributed by atoms with Crippen LogP contribution in [0.2, 0.25) is 0 Å². The molecule has 12 heteroatoms. The van der Waals surface area contributed by atoms with Crippen molar-refractivity contribution in [2.75, 3.05) is 12.4 Å². The van der Waals surface area contributed by atoms with E-state index in [9.17, 15) is 14.9 Å². The van der Waals surface area contributed by atoms with Crippen LogP contribution >= 0.6 is 11.3 Å². The number of nitrogens with zero attached hydrogens (tertiary/aromatic N) is 5. The number of methoxy groups -OCH3 is 1. The Kier molecular flexibility index (Phi) is 5.77. The molecule has 11 nitrogen and oxygen atoms in total. The van der Waals surface area contributed by atoms with Crippen LogP contribution in [0.5, 0.6) is 5.75 Å². The number of rotatable bonds is 7. The zero-order chi connectivity index (χ0) is 24.4. The van der Waals surface area contributed by atoms with Crippen molar-refractivity contribution in [1.29, 1.82) is 0 Å². The van der Waals surface area contributed by atoms with Crippen LogP contribution in [0.3, 0.4) is 0 Å². The van der Waals surface area contributed by atoms with Gasteiger partial charge in [-0.15, -0.1) is 10.2 Å². The summed E-state index contributed by atoms with van der Waals surface area (Å²) in [6.07, 6.45) is 4.30. The number of amides is 1. The molecule has 0 bridgehead atoms. The summed E-state index contributed by atoms with van der Waals surface area (Å²) in [5, 5.41) is 27.0. The first kappa shape index (κ1) is 22.0. The molecule has 5 rings (SSSR count). The smallest absolute Gasteiger partial charge is 0.280 e. The lowest BCUT2D eigenvalue weighted by Gasteiger charge is -2.10. The number of furan rings is 1. The maximum atomic E-state index is 12.6. The van der Waals surface area contributed by atoms with Gasteiger partial charge in [0.05, 0.1) is 23.3 Å². The van der Waals surface area contributed by atoms with Crippen molar-refractivity contribution in [3.05, 3.63) is 82.9 Å². The third-order valence-electron chi connectivity index (χ3n) is 4.98. The first-order valence-corrected chi connectivity index (χ1v) is 11.0. The number of nitro groups is 1. The van der Waals surface area contributed by atoms with Crippen LogP contribution in [0.15, 0.2) is 71.4 Å². The minimum Gasteiger partial charge on any atom is -0.495 e. The molecule has 1 N–H and O–H groups in total. The summed E-state index contributed by atoms with van der Waals surface area (Å²) in [7, 11) is 1.51. The highest BCUT2D eigenvalue weighted by molar-refractivity contribution is 7.19. The van der Waals surface area contributed by atoms with Gasteiger partial charge in [-0.05, 0) is 42.5 Å². The number of para-hydroxylation sites is 1. The molecule has 0 unspecified atom stereocenters. The fraction of sp³-hybridized carbons (Fsp3) is 0.0435. The topological polar surface area (TPSA) is 138 Å². The molecule has 0 atom stereocenters. The Hall–Kier alpha value is -4.84. The van der Waals surface area contributed by atoms with Crippen LogP contribution in [-0.4, -0.2) is 37.8 Å². The lowest BCUT2D eigenvalue weighted by molar-refractivity contribution is -0.384. The molecule has 35 heavy (non-hydrogen) atoms. The Morgan fingerprint density at radius 3 is 2.89 bits per heavy atom. The van der Waals surface area contributed by atoms with Gasteiger partial charge in [0.25, 0.3) is 5.69 Å². The number of ether oxygens (including phenoxy) is 1. The quantitative estimate of drug-likeness (QED) is 0.198. The van der Waals surface area contributed by atoms with Gasteiger partial charge >= 0.3 is 0 Å². The molecule has 0 aliphatic rings. The Morgan fingerprint density at radius 1 is 1.23 bits per heavy atom. The van der Waals surface area contributed by atoms with E-state index in [-0.39, 0.29) is 5.69 Å². The molecule has 0 saturated carbocycles. The molecule has 3 heterocycles. The van der Waals surface area contributed by atoms with Crippen LogP contribution in [0.1, 0.15) is 5.76 Å². The molecule has 0 saturated heterocycles. The molecule has 3 aromatic heterocycles. The number of carbonyl (C=O) groups excluding carboxylic acids is 1. The monoisotopic (exact) mass is 488 g/mol. The summed E-state index contributed by atoms with van der Waals surface area (Å²) in [6, 6.07) is 14.9. The van der Waals surface area contributed by atoms with E-state index in [1.807, 2.05) is 6.07 Å². The molecular formula is C23H16N6O5S. The highest BCUT2D eigenvalue weighted by atomic mass is 32.1. The molecule has 0 radical (unpaired) electrons. The van der Waals surface area contributed by atoms with E-state index < -0.39 is 10.8 Å². The zero-order valence-corrected chi connectivity index (χ0v) is 18.9. The van der Waals surface area contributed by atoms with Crippen LogP contribution in [0.25, 0.3) is 32.9 Å². The molecule has 174 valence electrons. The molecule has 1 amide bonds. The Bertz CT molecular complexity index is 1560. The number of hydrogen-bond acceptors (Lipinski definition) is 9. The van der Waals surface area contributed by atoms with E-state index in [1.165, 1.54) is 43.0 Å². The lowest BCUT2D eigenvalue weighted by atomic mass is 10.1. The Balaban J connectivity index is 1.34. The van der Waals surface area contributed by atoms with Gasteiger partial charge in [0.1, 0.15) is 28.6 Å². The summed E-state index contributed by atoms with van der Waals surface area (Å²) < 4.78 is 12.6. The maximum absolute atomic E-state index is 12.6. The zero-order valence-electron chi connectivity index (χ0n) is 18.1. The van der Waals surface area contributed by atoms with Crippen LogP contribution < -0.4 is 10.1 Å². The van der Waals surface area contributed by atoms with Gasteiger partial charge in [-0.2, -0.15) is 9.61 Å². The number of hydrogen-bond donors (Lipinski definition) is 1. The van der Waals surface area contributed by atoms with E-state index in [0.717, 1.165) is 5.56 Å². The first-order valence-electron chi connectivity index (χ1n) is 10.2. The Morgan fingerprint density at radius 2 is 2.09 bits per heavy atom. The molecule has 0 aliphatic heterocycles. The van der Waals surface area contributed by atoms with Gasteiger partial charge < -0.3 is 14.5 Å². The molecule has 2 aromatic carbocycles. The third kappa shape index (κ3) is 4.50. The summed E-state index contributed by atoms with van der Waals surface area (Å²) in [5.41, 5.74) is 1.53. The maximum Gasteiger partial charge on any atom is 0.280 e. The van der Waals surface area contributed by atoms with E-state index >= 15 is 0 Å². The van der Waals surface area contributed by atoms with Crippen molar-refractivity contribution >= 4 is 39.7 Å². The van der Waals surface area contributed by atoms with Crippen LogP contribution in [0.4, 0.5) is 11.4 Å². The fourth-order valence-corrected chi connectivity index (χ4v) is 4.19. The summed E-state index contributed by atoms with van der Waals surface area (Å²) in [5.74, 6) is 0.767. The highest BCUT2D eigenvalue weighted by Gasteiger charge is 2.17. The second kappa shape index (κ2) is 9.19. The second-order valence-corrected chi connectivity index (χ2v) is 8.14. The van der Waals surface area contributed by atoms with Gasteiger partial charge in [-0.1, -0.05) is 23.5 Å². The van der Waals surface area contributed by atoms with Crippen molar-refractivity contribution in [3.8, 4) is 27.6 Å². The summed E-state index contributed by atoms with van der Waals surface area (Å²) >= 11 is 1.37. The molecule has 0 aliphatic carbocycles. The standard InChI is InChI=1S/C23H16N6O5S/c1-33-20-9-6-14(22-27-28-13-24-26-23(28)35-22)12-17(20)25-21(30)11-8-15-7-10-19(34-15)16-4-2-3-5-18(16)29(31)32/h2-13H,1H3,(H,25,30)/b11-8+. The van der Waals surface area contributed by atoms with Crippen molar-refractivity contribution in [1.82, 2.24) is 19.8 Å². The fourth-order valence-electron chi connectivity index (χ4n) is 3.38. The van der Waals surface area contributed by atoms with E-state index in [4.69, 9.17) is 9.15 Å². The predicted octanol–water partition coefficient (Wildman–Crippen LogP) is 4.68. The average molecular weight is 488 g/mol. The summed E-state index contributed by atoms with van der Waals surface area (Å²) in [6.45, 7) is 0. The molecule has 5 aromatic rings. The second-order valence-electron chi connectivity index (χ2n) is 7.18. The normalized spacial score (nSPS) is 11.2. The lowest BCUT2D eigenvalue weighted by Crippen LogP contribution is -2.09. The van der Waals surface area contributed by atoms with Crippen molar-refractivity contribution < 1.29 is 18.9 Å². The molecule has 0 fully saturated rings. The minimum atomic E-state index is -0.470. The number of nitrogens with one attached hydrogen (secondary N) is 1. The highest BCUT2D eigenvalue weighted by Crippen LogP contribution is 2.33. The van der Waals surface area contributed by atoms with Crippen LogP contribution in [-0.2, 0) is 4.79 Å². The van der Waals surface area contributed by atoms with Gasteiger partial charge in [-0.3, -0.25) is 14.9 Å². The molecule has 0 spiro atoms. The summed E-state index contributed by atoms with van der Waals surface area (Å²) in [4.78, 5) is 24.1. The van der Waals surface area contributed by atoms with Crippen molar-refractivity contribution in [2.45, 2.75) is 0 Å². The van der Waals surface area contributed by atoms with Crippen LogP contribution in [0, 0.1) is 10.1 Å². The molecular weight excluding hydrogens is 472 g/mol. The first-order chi connectivity index (χ1) is 17.0. The average Bonchev–Trinajstić information content (AvgIpc) is 3.59. The van der Waals surface area contributed by atoms with Crippen molar-refractivity contribution in [3.63, 3.8) is 0 Å². The number of fused-ring (bicyclic) bond motifs is 1. The van der Waals surface area contributed by atoms with Gasteiger partial charge in [0.2, 0.25) is 10.9 Å². The minimum absolute atomic E-state index is 0.0630. The SMILES string of the molecule is COc1ccc(-c2nn3cnnc3s2)cc1NC(=O)/C=C/c1ccc(-c2ccccc2[N+](=O)[O-])o1. The number of aromatic nitrogens is 4. The van der Waals surface area contributed by atoms with Gasteiger partial charge in [-0.25, -0.2) is 0 Å². The predicted molar refractivity (Wildman–Crippen MR) is 129 cm³/mol. The number of anilines is 1. The van der Waals surface area contributed by atoms with Gasteiger partial charge in [0, 0.05) is 17.7 Å². The van der Waals surface area contributed by atoms with E-state index in [1.54, 1.807) is 47.0 Å². The number of benzene rings is 2. The van der Waals surface area contributed by atoms with E-state index in [0.29, 0.717) is 38.5 Å². The number of carbonyl (C=O) groups is 1. The Labute approximate surface area is 201 Å². The number of nitro benzene ring substituents is 1. The van der Waals surface area contributed by atoms with E-state index in [2.05, 4.69) is 20.6 Å². The third-order valence-corrected chi connectivity index (χ3v) is 5.95. The van der Waals surface area contributed by atoms with Crippen molar-refractivity contribution in [2.24, 2.45) is 0 Å².